The minimum atomic E-state index is -1.53. The molecule has 0 aliphatic carbocycles. The highest BCUT2D eigenvalue weighted by Crippen LogP contribution is 2.15. The number of rotatable bonds is 6. The van der Waals surface area contributed by atoms with E-state index in [9.17, 15) is 19.5 Å². The Hall–Kier alpha value is -2.75. The maximum Gasteiger partial charge on any atom is 0.171 e. The van der Waals surface area contributed by atoms with Gasteiger partial charge in [-0.3, -0.25) is 9.59 Å². The number of carboxylic acids is 1. The van der Waals surface area contributed by atoms with Gasteiger partial charge in [-0.2, -0.15) is 0 Å². The Balaban J connectivity index is 2.19. The van der Waals surface area contributed by atoms with E-state index in [4.69, 9.17) is 0 Å². The summed E-state index contributed by atoms with van der Waals surface area (Å²) in [6.07, 6.45) is -0.403. The van der Waals surface area contributed by atoms with Crippen LogP contribution in [0.1, 0.15) is 27.1 Å². The molecule has 4 nitrogen and oxygen atoms in total. The van der Waals surface area contributed by atoms with E-state index in [0.29, 0.717) is 5.56 Å². The summed E-state index contributed by atoms with van der Waals surface area (Å²) in [5, 5.41) is 11.2. The second kappa shape index (κ2) is 6.61. The first-order valence-electron chi connectivity index (χ1n) is 6.48. The van der Waals surface area contributed by atoms with Gasteiger partial charge >= 0.3 is 0 Å². The highest BCUT2D eigenvalue weighted by Gasteiger charge is 2.24. The molecule has 0 spiro atoms. The smallest absolute Gasteiger partial charge is 0.171 e. The zero-order valence-corrected chi connectivity index (χ0v) is 11.2. The molecule has 0 heterocycles. The van der Waals surface area contributed by atoms with Crippen molar-refractivity contribution < 1.29 is 19.5 Å². The number of carbonyl (C=O) groups excluding carboxylic acids is 3. The summed E-state index contributed by atoms with van der Waals surface area (Å²) in [6, 6.07) is 16.3. The maximum absolute atomic E-state index is 12.2. The minimum absolute atomic E-state index is 0.257. The molecule has 21 heavy (non-hydrogen) atoms. The number of ketones is 2. The summed E-state index contributed by atoms with van der Waals surface area (Å²) in [4.78, 5) is 35.4. The molecule has 2 aromatic carbocycles. The molecule has 106 valence electrons. The summed E-state index contributed by atoms with van der Waals surface area (Å²) in [6.45, 7) is 0. The zero-order valence-electron chi connectivity index (χ0n) is 11.2. The first kappa shape index (κ1) is 14.7. The van der Waals surface area contributed by atoms with Crippen LogP contribution in [0.25, 0.3) is 0 Å². The third kappa shape index (κ3) is 3.63. The molecule has 0 bridgehead atoms. The van der Waals surface area contributed by atoms with Gasteiger partial charge in [-0.25, -0.2) is 0 Å². The number of carboxylic acid groups (broad SMARTS) is 1. The fraction of sp³-hybridized carbons (Fsp3) is 0.118. The summed E-state index contributed by atoms with van der Waals surface area (Å²) in [5.41, 5.74) is 0.636. The summed E-state index contributed by atoms with van der Waals surface area (Å²) < 4.78 is 0. The van der Waals surface area contributed by atoms with Crippen LogP contribution in [0.3, 0.4) is 0 Å². The number of benzene rings is 2. The zero-order chi connectivity index (χ0) is 15.2. The van der Waals surface area contributed by atoms with Gasteiger partial charge in [-0.15, -0.1) is 0 Å². The van der Waals surface area contributed by atoms with Crippen LogP contribution in [0.15, 0.2) is 60.7 Å². The number of hydrogen-bond acceptors (Lipinski definition) is 4. The van der Waals surface area contributed by atoms with Crippen molar-refractivity contribution in [1.82, 2.24) is 0 Å². The predicted octanol–water partition coefficient (Wildman–Crippen LogP) is 1.51. The van der Waals surface area contributed by atoms with E-state index in [1.165, 1.54) is 12.1 Å². The monoisotopic (exact) mass is 281 g/mol. The van der Waals surface area contributed by atoms with Crippen molar-refractivity contribution in [3.05, 3.63) is 71.8 Å². The molecule has 1 atom stereocenters. The van der Waals surface area contributed by atoms with Gasteiger partial charge in [0.25, 0.3) is 0 Å². The highest BCUT2D eigenvalue weighted by atomic mass is 16.4. The van der Waals surface area contributed by atoms with Crippen molar-refractivity contribution in [3.8, 4) is 0 Å². The molecule has 0 saturated carbocycles. The van der Waals surface area contributed by atoms with E-state index in [2.05, 4.69) is 0 Å². The fourth-order valence-corrected chi connectivity index (χ4v) is 2.01. The van der Waals surface area contributed by atoms with Gasteiger partial charge in [0.2, 0.25) is 0 Å². The van der Waals surface area contributed by atoms with Gasteiger partial charge in [0, 0.05) is 17.5 Å². The third-order valence-corrected chi connectivity index (χ3v) is 3.14. The van der Waals surface area contributed by atoms with E-state index in [0.717, 1.165) is 0 Å². The van der Waals surface area contributed by atoms with Gasteiger partial charge in [-0.1, -0.05) is 60.7 Å². The molecule has 2 rings (SSSR count). The van der Waals surface area contributed by atoms with Gasteiger partial charge in [0.05, 0.1) is 11.9 Å². The summed E-state index contributed by atoms with van der Waals surface area (Å²) in [5.74, 6) is -4.01. The second-order valence-electron chi connectivity index (χ2n) is 4.60. The lowest BCUT2D eigenvalue weighted by molar-refractivity contribution is -0.309. The Morgan fingerprint density at radius 1 is 0.810 bits per heavy atom. The van der Waals surface area contributed by atoms with Gasteiger partial charge in [0.15, 0.2) is 11.6 Å². The highest BCUT2D eigenvalue weighted by molar-refractivity contribution is 6.11. The van der Waals surface area contributed by atoms with E-state index in [1.54, 1.807) is 48.5 Å². The fourth-order valence-electron chi connectivity index (χ4n) is 2.01. The van der Waals surface area contributed by atoms with Gasteiger partial charge < -0.3 is 9.90 Å². The van der Waals surface area contributed by atoms with Crippen molar-refractivity contribution in [3.63, 3.8) is 0 Å². The topological polar surface area (TPSA) is 74.3 Å². The van der Waals surface area contributed by atoms with Crippen LogP contribution in [0.4, 0.5) is 0 Å². The number of aliphatic carboxylic acids is 1. The second-order valence-corrected chi connectivity index (χ2v) is 4.60. The summed E-state index contributed by atoms with van der Waals surface area (Å²) >= 11 is 0. The first-order valence-corrected chi connectivity index (χ1v) is 6.48. The molecule has 0 aliphatic rings. The van der Waals surface area contributed by atoms with E-state index in [1.807, 2.05) is 0 Å². The Morgan fingerprint density at radius 2 is 1.29 bits per heavy atom. The molecule has 0 saturated heterocycles. The van der Waals surface area contributed by atoms with Crippen LogP contribution >= 0.6 is 0 Å². The minimum Gasteiger partial charge on any atom is -0.549 e. The molecule has 0 N–H and O–H groups in total. The van der Waals surface area contributed by atoms with Crippen molar-refractivity contribution in [2.75, 3.05) is 0 Å². The molecule has 2 aromatic rings. The largest absolute Gasteiger partial charge is 0.549 e. The number of carbonyl (C=O) groups is 3. The van der Waals surface area contributed by atoms with Crippen LogP contribution < -0.4 is 5.11 Å². The van der Waals surface area contributed by atoms with Crippen LogP contribution in [-0.2, 0) is 4.79 Å². The standard InChI is InChI=1S/C17H14O4/c18-15(12-7-3-1-4-8-12)11-14(17(20)21)16(19)13-9-5-2-6-10-13/h1-10,14H,11H2,(H,20,21)/p-1. The third-order valence-electron chi connectivity index (χ3n) is 3.14. The van der Waals surface area contributed by atoms with Crippen molar-refractivity contribution in [1.29, 1.82) is 0 Å². The normalized spacial score (nSPS) is 11.6. The molecule has 0 radical (unpaired) electrons. The van der Waals surface area contributed by atoms with Crippen molar-refractivity contribution in [2.45, 2.75) is 6.42 Å². The quantitative estimate of drug-likeness (QED) is 0.594. The Labute approximate surface area is 122 Å². The predicted molar refractivity (Wildman–Crippen MR) is 74.7 cm³/mol. The Bertz CT molecular complexity index is 647. The maximum atomic E-state index is 12.2. The lowest BCUT2D eigenvalue weighted by Gasteiger charge is -2.16. The van der Waals surface area contributed by atoms with Gasteiger partial charge in [-0.05, 0) is 0 Å². The SMILES string of the molecule is O=C(CC(C(=O)[O-])C(=O)c1ccccc1)c1ccccc1. The average Bonchev–Trinajstić information content (AvgIpc) is 2.53. The van der Waals surface area contributed by atoms with Crippen LogP contribution in [0, 0.1) is 5.92 Å². The Kier molecular flexibility index (Phi) is 4.61. The number of Topliss-reactive ketones (excluding diaryl/α,β-unsaturated/α-hetero) is 2. The lowest BCUT2D eigenvalue weighted by Crippen LogP contribution is -2.37. The van der Waals surface area contributed by atoms with Crippen LogP contribution in [0.5, 0.6) is 0 Å². The molecule has 0 fully saturated rings. The van der Waals surface area contributed by atoms with Crippen molar-refractivity contribution >= 4 is 17.5 Å². The van der Waals surface area contributed by atoms with Gasteiger partial charge in [0.1, 0.15) is 0 Å². The van der Waals surface area contributed by atoms with Crippen molar-refractivity contribution in [2.24, 2.45) is 5.92 Å². The average molecular weight is 281 g/mol. The molecular weight excluding hydrogens is 268 g/mol. The molecule has 4 heteroatoms. The van der Waals surface area contributed by atoms with E-state index in [-0.39, 0.29) is 5.56 Å². The first-order chi connectivity index (χ1) is 10.1. The molecular formula is C17H13O4-. The van der Waals surface area contributed by atoms with E-state index < -0.39 is 29.9 Å². The number of hydrogen-bond donors (Lipinski definition) is 0. The summed E-state index contributed by atoms with van der Waals surface area (Å²) in [7, 11) is 0. The molecule has 1 unspecified atom stereocenters. The Morgan fingerprint density at radius 3 is 1.76 bits per heavy atom. The van der Waals surface area contributed by atoms with E-state index >= 15 is 0 Å². The van der Waals surface area contributed by atoms with Crippen LogP contribution in [0.2, 0.25) is 0 Å². The molecule has 0 amide bonds. The molecule has 0 aromatic heterocycles. The lowest BCUT2D eigenvalue weighted by atomic mass is 9.91. The van der Waals surface area contributed by atoms with Crippen LogP contribution in [-0.4, -0.2) is 17.5 Å². The molecule has 0 aliphatic heterocycles.